The van der Waals surface area contributed by atoms with Crippen LogP contribution in [0.25, 0.3) is 0 Å². The minimum Gasteiger partial charge on any atom is -0.493 e. The molecule has 1 aromatic heterocycles. The molecule has 1 fully saturated rings. The summed E-state index contributed by atoms with van der Waals surface area (Å²) in [5.74, 6) is 1.25. The Hall–Kier alpha value is -2.84. The Kier molecular flexibility index (Phi) is 10.5. The van der Waals surface area contributed by atoms with Gasteiger partial charge in [0, 0.05) is 32.4 Å². The molecule has 0 saturated heterocycles. The van der Waals surface area contributed by atoms with Crippen LogP contribution in [0.2, 0.25) is 0 Å². The molecule has 4 rings (SSSR count). The van der Waals surface area contributed by atoms with E-state index in [1.165, 1.54) is 11.3 Å². The summed E-state index contributed by atoms with van der Waals surface area (Å²) in [6, 6.07) is 17.5. The predicted octanol–water partition coefficient (Wildman–Crippen LogP) is 6.88. The van der Waals surface area contributed by atoms with E-state index < -0.39 is 0 Å². The number of methoxy groups -OCH3 is 2. The molecule has 0 radical (unpaired) electrons. The standard InChI is InChI=1S/C31H37BrN2O4S/c1-22-9-15-27(39-22)20-33(18-17-23-10-16-28(37-2)29(19-23)38-3)30(35)21-34(26-7-5-4-6-8-26)31(36)24-11-13-25(32)14-12-24/h9-16,19,26H,4-8,17-18,20-21H2,1-3H3. The zero-order valence-electron chi connectivity index (χ0n) is 23.0. The summed E-state index contributed by atoms with van der Waals surface area (Å²) < 4.78 is 11.8. The highest BCUT2D eigenvalue weighted by molar-refractivity contribution is 9.10. The van der Waals surface area contributed by atoms with Gasteiger partial charge < -0.3 is 19.3 Å². The quantitative estimate of drug-likeness (QED) is 0.237. The third kappa shape index (κ3) is 7.85. The van der Waals surface area contributed by atoms with Gasteiger partial charge in [-0.2, -0.15) is 0 Å². The first-order valence-corrected chi connectivity index (χ1v) is 15.1. The summed E-state index contributed by atoms with van der Waals surface area (Å²) in [5.41, 5.74) is 1.67. The highest BCUT2D eigenvalue weighted by Gasteiger charge is 2.30. The van der Waals surface area contributed by atoms with Gasteiger partial charge in [-0.1, -0.05) is 41.3 Å². The number of rotatable bonds is 11. The summed E-state index contributed by atoms with van der Waals surface area (Å²) in [7, 11) is 3.24. The lowest BCUT2D eigenvalue weighted by atomic mass is 9.93. The van der Waals surface area contributed by atoms with Gasteiger partial charge in [-0.05, 0) is 80.3 Å². The second-order valence-corrected chi connectivity index (χ2v) is 12.3. The first kappa shape index (κ1) is 29.2. The van der Waals surface area contributed by atoms with Crippen LogP contribution in [0.3, 0.4) is 0 Å². The molecule has 0 bridgehead atoms. The molecular formula is C31H37BrN2O4S. The van der Waals surface area contributed by atoms with Crippen LogP contribution in [-0.2, 0) is 17.8 Å². The number of carbonyl (C=O) groups is 2. The van der Waals surface area contributed by atoms with Crippen LogP contribution in [0.1, 0.15) is 57.8 Å². The first-order valence-electron chi connectivity index (χ1n) is 13.5. The number of hydrogen-bond acceptors (Lipinski definition) is 5. The Bertz CT molecular complexity index is 1250. The zero-order chi connectivity index (χ0) is 27.8. The van der Waals surface area contributed by atoms with E-state index >= 15 is 0 Å². The molecule has 0 unspecified atom stereocenters. The molecule has 208 valence electrons. The summed E-state index contributed by atoms with van der Waals surface area (Å²) in [5, 5.41) is 0. The Morgan fingerprint density at radius 1 is 0.949 bits per heavy atom. The van der Waals surface area contributed by atoms with Gasteiger partial charge in [0.15, 0.2) is 11.5 Å². The molecule has 0 N–H and O–H groups in total. The Balaban J connectivity index is 1.55. The molecular weight excluding hydrogens is 576 g/mol. The highest BCUT2D eigenvalue weighted by atomic mass is 79.9. The summed E-state index contributed by atoms with van der Waals surface area (Å²) >= 11 is 5.16. The average Bonchev–Trinajstić information content (AvgIpc) is 3.38. The van der Waals surface area contributed by atoms with Crippen LogP contribution in [0, 0.1) is 6.92 Å². The number of aryl methyl sites for hydroxylation is 1. The van der Waals surface area contributed by atoms with Crippen LogP contribution >= 0.6 is 27.3 Å². The molecule has 0 atom stereocenters. The fourth-order valence-corrected chi connectivity index (χ4v) is 6.28. The lowest BCUT2D eigenvalue weighted by Crippen LogP contribution is -2.48. The van der Waals surface area contributed by atoms with E-state index in [9.17, 15) is 9.59 Å². The normalized spacial score (nSPS) is 13.6. The smallest absolute Gasteiger partial charge is 0.254 e. The summed E-state index contributed by atoms with van der Waals surface area (Å²) in [6.45, 7) is 3.22. The van der Waals surface area contributed by atoms with E-state index in [1.54, 1.807) is 25.6 Å². The number of hydrogen-bond donors (Lipinski definition) is 0. The first-order chi connectivity index (χ1) is 18.9. The van der Waals surface area contributed by atoms with E-state index in [4.69, 9.17) is 9.47 Å². The second-order valence-electron chi connectivity index (χ2n) is 10.00. The van der Waals surface area contributed by atoms with Crippen LogP contribution in [0.15, 0.2) is 59.1 Å². The molecule has 8 heteroatoms. The lowest BCUT2D eigenvalue weighted by molar-refractivity contribution is -0.133. The molecule has 2 aromatic carbocycles. The van der Waals surface area contributed by atoms with Gasteiger partial charge >= 0.3 is 0 Å². The van der Waals surface area contributed by atoms with E-state index in [0.29, 0.717) is 36.6 Å². The monoisotopic (exact) mass is 612 g/mol. The summed E-state index contributed by atoms with van der Waals surface area (Å²) in [6.07, 6.45) is 5.89. The van der Waals surface area contributed by atoms with Crippen molar-refractivity contribution in [3.05, 3.63) is 80.0 Å². The maximum atomic E-state index is 13.9. The molecule has 39 heavy (non-hydrogen) atoms. The Morgan fingerprint density at radius 2 is 1.67 bits per heavy atom. The molecule has 0 spiro atoms. The molecule has 3 aromatic rings. The van der Waals surface area contributed by atoms with Gasteiger partial charge in [-0.15, -0.1) is 11.3 Å². The van der Waals surface area contributed by atoms with Gasteiger partial charge in [-0.25, -0.2) is 0 Å². The third-order valence-corrected chi connectivity index (χ3v) is 8.80. The minimum atomic E-state index is -0.0745. The fraction of sp³-hybridized carbons (Fsp3) is 0.419. The second kappa shape index (κ2) is 14.0. The molecule has 2 amide bonds. The minimum absolute atomic E-state index is 0.0300. The maximum Gasteiger partial charge on any atom is 0.254 e. The molecule has 1 heterocycles. The van der Waals surface area contributed by atoms with Crippen molar-refractivity contribution in [1.29, 1.82) is 0 Å². The van der Waals surface area contributed by atoms with Crippen molar-refractivity contribution in [2.75, 3.05) is 27.3 Å². The van der Waals surface area contributed by atoms with Crippen LogP contribution < -0.4 is 9.47 Å². The third-order valence-electron chi connectivity index (χ3n) is 7.29. The summed E-state index contributed by atoms with van der Waals surface area (Å²) in [4.78, 5) is 33.7. The Morgan fingerprint density at radius 3 is 2.31 bits per heavy atom. The number of amides is 2. The Labute approximate surface area is 244 Å². The number of benzene rings is 2. The number of halogens is 1. The predicted molar refractivity (Wildman–Crippen MR) is 160 cm³/mol. The largest absolute Gasteiger partial charge is 0.493 e. The SMILES string of the molecule is COc1ccc(CCN(Cc2ccc(C)s2)C(=O)CN(C(=O)c2ccc(Br)cc2)C2CCCCC2)cc1OC. The van der Waals surface area contributed by atoms with E-state index in [-0.39, 0.29) is 24.4 Å². The van der Waals surface area contributed by atoms with Crippen molar-refractivity contribution in [2.45, 2.75) is 58.0 Å². The maximum absolute atomic E-state index is 13.9. The van der Waals surface area contributed by atoms with Gasteiger partial charge in [0.2, 0.25) is 5.91 Å². The average molecular weight is 614 g/mol. The van der Waals surface area contributed by atoms with Crippen LogP contribution in [0.4, 0.5) is 0 Å². The van der Waals surface area contributed by atoms with Crippen molar-refractivity contribution in [2.24, 2.45) is 0 Å². The van der Waals surface area contributed by atoms with Gasteiger partial charge in [0.05, 0.1) is 20.8 Å². The molecule has 0 aliphatic heterocycles. The molecule has 1 aliphatic rings. The van der Waals surface area contributed by atoms with E-state index in [2.05, 4.69) is 35.0 Å². The van der Waals surface area contributed by atoms with Crippen molar-refractivity contribution >= 4 is 39.1 Å². The fourth-order valence-electron chi connectivity index (χ4n) is 5.11. The number of thiophene rings is 1. The number of ether oxygens (including phenoxy) is 2. The lowest BCUT2D eigenvalue weighted by Gasteiger charge is -2.35. The van der Waals surface area contributed by atoms with Crippen molar-refractivity contribution in [1.82, 2.24) is 9.80 Å². The number of carbonyl (C=O) groups excluding carboxylic acids is 2. The highest BCUT2D eigenvalue weighted by Crippen LogP contribution is 2.28. The molecule has 1 saturated carbocycles. The van der Waals surface area contributed by atoms with Gasteiger partial charge in [-0.3, -0.25) is 9.59 Å². The van der Waals surface area contributed by atoms with Crippen molar-refractivity contribution in [3.63, 3.8) is 0 Å². The van der Waals surface area contributed by atoms with Crippen molar-refractivity contribution in [3.8, 4) is 11.5 Å². The topological polar surface area (TPSA) is 59.1 Å². The van der Waals surface area contributed by atoms with Crippen LogP contribution in [-0.4, -0.2) is 55.0 Å². The zero-order valence-corrected chi connectivity index (χ0v) is 25.4. The van der Waals surface area contributed by atoms with Crippen molar-refractivity contribution < 1.29 is 19.1 Å². The molecule has 1 aliphatic carbocycles. The number of nitrogens with zero attached hydrogens (tertiary/aromatic N) is 2. The van der Waals surface area contributed by atoms with Gasteiger partial charge in [0.25, 0.3) is 5.91 Å². The molecule has 6 nitrogen and oxygen atoms in total. The van der Waals surface area contributed by atoms with E-state index in [0.717, 1.165) is 40.6 Å². The van der Waals surface area contributed by atoms with Crippen LogP contribution in [0.5, 0.6) is 11.5 Å². The van der Waals surface area contributed by atoms with Gasteiger partial charge in [0.1, 0.15) is 6.54 Å². The van der Waals surface area contributed by atoms with E-state index in [1.807, 2.05) is 52.3 Å².